The van der Waals surface area contributed by atoms with Crippen molar-refractivity contribution in [1.29, 1.82) is 0 Å². The molecule has 3 rings (SSSR count). The molecule has 1 fully saturated rings. The molecular weight excluding hydrogens is 248 g/mol. The average molecular weight is 264 g/mol. The van der Waals surface area contributed by atoms with Crippen LogP contribution in [-0.4, -0.2) is 28.2 Å². The number of ether oxygens (including phenoxy) is 1. The molecular formula is C13H16N2O2S. The zero-order valence-electron chi connectivity index (χ0n) is 10.3. The highest BCUT2D eigenvalue weighted by Gasteiger charge is 2.21. The van der Waals surface area contributed by atoms with Crippen LogP contribution < -0.4 is 10.4 Å². The summed E-state index contributed by atoms with van der Waals surface area (Å²) in [6.07, 6.45) is 2.24. The van der Waals surface area contributed by atoms with E-state index in [2.05, 4.69) is 4.98 Å². The Morgan fingerprint density at radius 1 is 1.50 bits per heavy atom. The predicted molar refractivity (Wildman–Crippen MR) is 74.7 cm³/mol. The first kappa shape index (κ1) is 11.7. The van der Waals surface area contributed by atoms with Crippen molar-refractivity contribution in [2.75, 3.05) is 18.6 Å². The van der Waals surface area contributed by atoms with E-state index in [1.807, 2.05) is 34.5 Å². The van der Waals surface area contributed by atoms with Gasteiger partial charge in [-0.15, -0.1) is 0 Å². The second-order valence-electron chi connectivity index (χ2n) is 4.53. The van der Waals surface area contributed by atoms with Crippen LogP contribution >= 0.6 is 11.8 Å². The number of para-hydroxylation sites is 1. The molecule has 1 aromatic carbocycles. The SMILES string of the molecule is COc1cccc2[nH]c(=O)n(C3CCCSC3)c12. The number of nitrogens with one attached hydrogen (secondary N) is 1. The highest BCUT2D eigenvalue weighted by atomic mass is 32.2. The molecule has 0 aliphatic carbocycles. The highest BCUT2D eigenvalue weighted by Crippen LogP contribution is 2.31. The van der Waals surface area contributed by atoms with Crippen molar-refractivity contribution in [3.05, 3.63) is 28.7 Å². The molecule has 2 heterocycles. The molecule has 1 atom stereocenters. The number of hydrogen-bond donors (Lipinski definition) is 1. The molecule has 1 saturated heterocycles. The van der Waals surface area contributed by atoms with E-state index in [1.54, 1.807) is 7.11 Å². The van der Waals surface area contributed by atoms with Crippen LogP contribution in [0.5, 0.6) is 5.75 Å². The fourth-order valence-electron chi connectivity index (χ4n) is 2.59. The molecule has 0 spiro atoms. The van der Waals surface area contributed by atoms with Gasteiger partial charge in [0.2, 0.25) is 0 Å². The molecule has 1 unspecified atom stereocenters. The minimum Gasteiger partial charge on any atom is -0.494 e. The summed E-state index contributed by atoms with van der Waals surface area (Å²) in [5, 5.41) is 0. The number of aromatic amines is 1. The molecule has 1 aliphatic heterocycles. The summed E-state index contributed by atoms with van der Waals surface area (Å²) in [6, 6.07) is 6.01. The largest absolute Gasteiger partial charge is 0.494 e. The zero-order chi connectivity index (χ0) is 12.5. The lowest BCUT2D eigenvalue weighted by molar-refractivity contribution is 0.413. The Hall–Kier alpha value is -1.36. The van der Waals surface area contributed by atoms with Gasteiger partial charge in [-0.05, 0) is 30.7 Å². The van der Waals surface area contributed by atoms with Gasteiger partial charge in [0.25, 0.3) is 0 Å². The van der Waals surface area contributed by atoms with Gasteiger partial charge < -0.3 is 9.72 Å². The second kappa shape index (κ2) is 4.72. The van der Waals surface area contributed by atoms with E-state index in [4.69, 9.17) is 4.74 Å². The lowest BCUT2D eigenvalue weighted by atomic mass is 10.1. The fourth-order valence-corrected chi connectivity index (χ4v) is 3.71. The fraction of sp³-hybridized carbons (Fsp3) is 0.462. The first-order chi connectivity index (χ1) is 8.81. The molecule has 0 bridgehead atoms. The van der Waals surface area contributed by atoms with Crippen molar-refractivity contribution in [3.8, 4) is 5.75 Å². The van der Waals surface area contributed by atoms with Crippen LogP contribution in [-0.2, 0) is 0 Å². The highest BCUT2D eigenvalue weighted by molar-refractivity contribution is 7.99. The van der Waals surface area contributed by atoms with E-state index in [0.717, 1.165) is 29.0 Å². The second-order valence-corrected chi connectivity index (χ2v) is 5.68. The average Bonchev–Trinajstić information content (AvgIpc) is 2.75. The Morgan fingerprint density at radius 3 is 3.11 bits per heavy atom. The summed E-state index contributed by atoms with van der Waals surface area (Å²) in [4.78, 5) is 15.1. The van der Waals surface area contributed by atoms with Crippen LogP contribution in [0.1, 0.15) is 18.9 Å². The smallest absolute Gasteiger partial charge is 0.326 e. The van der Waals surface area contributed by atoms with Crippen molar-refractivity contribution in [2.45, 2.75) is 18.9 Å². The lowest BCUT2D eigenvalue weighted by Gasteiger charge is -2.23. The van der Waals surface area contributed by atoms with Gasteiger partial charge in [-0.25, -0.2) is 4.79 Å². The maximum Gasteiger partial charge on any atom is 0.326 e. The maximum atomic E-state index is 12.1. The number of benzene rings is 1. The molecule has 0 radical (unpaired) electrons. The molecule has 1 aliphatic rings. The minimum absolute atomic E-state index is 0.0259. The normalized spacial score (nSPS) is 20.2. The molecule has 5 heteroatoms. The van der Waals surface area contributed by atoms with Gasteiger partial charge in [-0.3, -0.25) is 4.57 Å². The third kappa shape index (κ3) is 1.82. The number of thioether (sulfide) groups is 1. The summed E-state index contributed by atoms with van der Waals surface area (Å²) < 4.78 is 7.26. The van der Waals surface area contributed by atoms with Crippen molar-refractivity contribution >= 4 is 22.8 Å². The van der Waals surface area contributed by atoms with E-state index >= 15 is 0 Å². The van der Waals surface area contributed by atoms with Crippen molar-refractivity contribution in [3.63, 3.8) is 0 Å². The molecule has 4 nitrogen and oxygen atoms in total. The Bertz CT molecular complexity index is 611. The van der Waals surface area contributed by atoms with Crippen molar-refractivity contribution < 1.29 is 4.74 Å². The maximum absolute atomic E-state index is 12.1. The van der Waals surface area contributed by atoms with E-state index in [-0.39, 0.29) is 11.7 Å². The van der Waals surface area contributed by atoms with E-state index < -0.39 is 0 Å². The topological polar surface area (TPSA) is 47.0 Å². The van der Waals surface area contributed by atoms with E-state index in [9.17, 15) is 4.79 Å². The van der Waals surface area contributed by atoms with Crippen LogP contribution in [0.3, 0.4) is 0 Å². The Morgan fingerprint density at radius 2 is 2.39 bits per heavy atom. The number of fused-ring (bicyclic) bond motifs is 1. The van der Waals surface area contributed by atoms with Crippen molar-refractivity contribution in [2.24, 2.45) is 0 Å². The van der Waals surface area contributed by atoms with Crippen LogP contribution in [0.4, 0.5) is 0 Å². The van der Waals surface area contributed by atoms with E-state index in [0.29, 0.717) is 0 Å². The molecule has 0 amide bonds. The molecule has 0 saturated carbocycles. The number of hydrogen-bond acceptors (Lipinski definition) is 3. The number of methoxy groups -OCH3 is 1. The number of nitrogens with zero attached hydrogens (tertiary/aromatic N) is 1. The molecule has 1 aromatic heterocycles. The summed E-state index contributed by atoms with van der Waals surface area (Å²) in [6.45, 7) is 0. The van der Waals surface area contributed by atoms with Crippen LogP contribution in [0.25, 0.3) is 11.0 Å². The van der Waals surface area contributed by atoms with Crippen LogP contribution in [0, 0.1) is 0 Å². The summed E-state index contributed by atoms with van der Waals surface area (Å²) in [5.41, 5.74) is 1.73. The first-order valence-corrected chi connectivity index (χ1v) is 7.31. The van der Waals surface area contributed by atoms with Gasteiger partial charge in [0.1, 0.15) is 11.3 Å². The summed E-state index contributed by atoms with van der Waals surface area (Å²) >= 11 is 1.92. The van der Waals surface area contributed by atoms with Gasteiger partial charge in [0.05, 0.1) is 12.6 Å². The molecule has 1 N–H and O–H groups in total. The van der Waals surface area contributed by atoms with Crippen LogP contribution in [0.2, 0.25) is 0 Å². The monoisotopic (exact) mass is 264 g/mol. The lowest BCUT2D eigenvalue weighted by Crippen LogP contribution is -2.26. The standard InChI is InChI=1S/C13H16N2O2S/c1-17-11-6-2-5-10-12(11)15(13(16)14-10)9-4-3-7-18-8-9/h2,5-6,9H,3-4,7-8H2,1H3,(H,14,16). The molecule has 96 valence electrons. The zero-order valence-corrected chi connectivity index (χ0v) is 11.1. The first-order valence-electron chi connectivity index (χ1n) is 6.16. The number of rotatable bonds is 2. The Labute approximate surface area is 109 Å². The van der Waals surface area contributed by atoms with Gasteiger partial charge in [0.15, 0.2) is 0 Å². The van der Waals surface area contributed by atoms with Gasteiger partial charge >= 0.3 is 5.69 Å². The van der Waals surface area contributed by atoms with Crippen LogP contribution in [0.15, 0.2) is 23.0 Å². The van der Waals surface area contributed by atoms with E-state index in [1.165, 1.54) is 12.2 Å². The summed E-state index contributed by atoms with van der Waals surface area (Å²) in [5.74, 6) is 2.97. The predicted octanol–water partition coefficient (Wildman–Crippen LogP) is 2.41. The number of H-pyrrole nitrogens is 1. The third-order valence-electron chi connectivity index (χ3n) is 3.42. The third-order valence-corrected chi connectivity index (χ3v) is 4.62. The Kier molecular flexibility index (Phi) is 3.07. The molecule has 2 aromatic rings. The quantitative estimate of drug-likeness (QED) is 0.906. The Balaban J connectivity index is 2.20. The summed E-state index contributed by atoms with van der Waals surface area (Å²) in [7, 11) is 1.65. The van der Waals surface area contributed by atoms with Gasteiger partial charge in [-0.2, -0.15) is 11.8 Å². The van der Waals surface area contributed by atoms with Gasteiger partial charge in [0, 0.05) is 11.8 Å². The number of aromatic nitrogens is 2. The minimum atomic E-state index is -0.0259. The van der Waals surface area contributed by atoms with Crippen molar-refractivity contribution in [1.82, 2.24) is 9.55 Å². The number of imidazole rings is 1. The molecule has 18 heavy (non-hydrogen) atoms. The van der Waals surface area contributed by atoms with Gasteiger partial charge in [-0.1, -0.05) is 6.07 Å².